The van der Waals surface area contributed by atoms with Crippen LogP contribution in [-0.4, -0.2) is 34.8 Å². The summed E-state index contributed by atoms with van der Waals surface area (Å²) in [7, 11) is 0. The molecule has 0 radical (unpaired) electrons. The van der Waals surface area contributed by atoms with E-state index in [1.807, 2.05) is 0 Å². The second kappa shape index (κ2) is 8.95. The number of carbonyl (C=O) groups is 2. The van der Waals surface area contributed by atoms with Gasteiger partial charge in [-0.2, -0.15) is 0 Å². The van der Waals surface area contributed by atoms with Gasteiger partial charge >= 0.3 is 0 Å². The molecule has 1 fully saturated rings. The van der Waals surface area contributed by atoms with E-state index < -0.39 is 11.6 Å². The van der Waals surface area contributed by atoms with E-state index in [2.05, 4.69) is 10.3 Å². The molecule has 6 nitrogen and oxygen atoms in total. The number of hydrogen-bond acceptors (Lipinski definition) is 4. The standard InChI is InChI=1S/C20H23F2N3O3/c1-13-19(24-12-28-13)20(27)25-8-2-3-14(11-25)5-7-18(26)23-10-15-4-6-16(21)17(22)9-15/h4,6,9,12,14H,2-3,5,7-8,10-11H2,1H3,(H,23,26)/t14-/m0/s1. The minimum atomic E-state index is -0.930. The zero-order valence-corrected chi connectivity index (χ0v) is 15.7. The molecular formula is C20H23F2N3O3. The monoisotopic (exact) mass is 391 g/mol. The molecule has 1 aliphatic rings. The van der Waals surface area contributed by atoms with Gasteiger partial charge in [0, 0.05) is 26.1 Å². The molecule has 1 aromatic carbocycles. The number of nitrogens with zero attached hydrogens (tertiary/aromatic N) is 2. The average Bonchev–Trinajstić information content (AvgIpc) is 3.12. The van der Waals surface area contributed by atoms with Crippen molar-refractivity contribution in [2.75, 3.05) is 13.1 Å². The highest BCUT2D eigenvalue weighted by atomic mass is 19.2. The number of rotatable bonds is 6. The molecule has 3 rings (SSSR count). The Labute approximate surface area is 161 Å². The van der Waals surface area contributed by atoms with Crippen LogP contribution in [0.25, 0.3) is 0 Å². The molecule has 1 aromatic heterocycles. The second-order valence-electron chi connectivity index (χ2n) is 7.08. The number of halogens is 2. The number of carbonyl (C=O) groups excluding carboxylic acids is 2. The van der Waals surface area contributed by atoms with E-state index in [0.29, 0.717) is 42.9 Å². The highest BCUT2D eigenvalue weighted by Crippen LogP contribution is 2.23. The molecular weight excluding hydrogens is 368 g/mol. The van der Waals surface area contributed by atoms with Gasteiger partial charge in [-0.25, -0.2) is 13.8 Å². The molecule has 1 saturated heterocycles. The number of likely N-dealkylation sites (tertiary alicyclic amines) is 1. The maximum Gasteiger partial charge on any atom is 0.276 e. The van der Waals surface area contributed by atoms with E-state index in [1.165, 1.54) is 12.5 Å². The van der Waals surface area contributed by atoms with E-state index in [-0.39, 0.29) is 24.3 Å². The number of piperidine rings is 1. The molecule has 0 unspecified atom stereocenters. The van der Waals surface area contributed by atoms with E-state index in [9.17, 15) is 18.4 Å². The quantitative estimate of drug-likeness (QED) is 0.821. The van der Waals surface area contributed by atoms with Crippen molar-refractivity contribution in [2.24, 2.45) is 5.92 Å². The summed E-state index contributed by atoms with van der Waals surface area (Å²) in [5.41, 5.74) is 0.842. The molecule has 0 spiro atoms. The molecule has 2 amide bonds. The van der Waals surface area contributed by atoms with Crippen LogP contribution >= 0.6 is 0 Å². The minimum absolute atomic E-state index is 0.140. The van der Waals surface area contributed by atoms with E-state index in [1.54, 1.807) is 11.8 Å². The first-order valence-electron chi connectivity index (χ1n) is 9.34. The summed E-state index contributed by atoms with van der Waals surface area (Å²) >= 11 is 0. The largest absolute Gasteiger partial charge is 0.448 e. The van der Waals surface area contributed by atoms with Crippen LogP contribution in [0.3, 0.4) is 0 Å². The summed E-state index contributed by atoms with van der Waals surface area (Å²) in [6.45, 7) is 3.11. The summed E-state index contributed by atoms with van der Waals surface area (Å²) in [5.74, 6) is -1.39. The van der Waals surface area contributed by atoms with Crippen molar-refractivity contribution in [1.29, 1.82) is 0 Å². The zero-order chi connectivity index (χ0) is 20.1. The SMILES string of the molecule is Cc1ocnc1C(=O)N1CCC[C@@H](CCC(=O)NCc2ccc(F)c(F)c2)C1. The summed E-state index contributed by atoms with van der Waals surface area (Å²) in [6, 6.07) is 3.56. The maximum absolute atomic E-state index is 13.2. The van der Waals surface area contributed by atoms with Crippen LogP contribution in [0, 0.1) is 24.5 Å². The summed E-state index contributed by atoms with van der Waals surface area (Å²) in [6.07, 6.45) is 4.08. The molecule has 0 aliphatic carbocycles. The van der Waals surface area contributed by atoms with Crippen molar-refractivity contribution < 1.29 is 22.8 Å². The van der Waals surface area contributed by atoms with Gasteiger partial charge in [0.05, 0.1) is 0 Å². The number of benzene rings is 1. The van der Waals surface area contributed by atoms with Crippen molar-refractivity contribution in [3.05, 3.63) is 53.2 Å². The van der Waals surface area contributed by atoms with Gasteiger partial charge < -0.3 is 14.6 Å². The van der Waals surface area contributed by atoms with Gasteiger partial charge in [-0.3, -0.25) is 9.59 Å². The second-order valence-corrected chi connectivity index (χ2v) is 7.08. The lowest BCUT2D eigenvalue weighted by atomic mass is 9.93. The smallest absolute Gasteiger partial charge is 0.276 e. The Morgan fingerprint density at radius 2 is 2.14 bits per heavy atom. The van der Waals surface area contributed by atoms with Crippen LogP contribution in [0.4, 0.5) is 8.78 Å². The molecule has 2 heterocycles. The Kier molecular flexibility index (Phi) is 6.38. The Morgan fingerprint density at radius 1 is 1.32 bits per heavy atom. The third-order valence-corrected chi connectivity index (χ3v) is 5.01. The first kappa shape index (κ1) is 20.0. The van der Waals surface area contributed by atoms with Crippen molar-refractivity contribution in [1.82, 2.24) is 15.2 Å². The third-order valence-electron chi connectivity index (χ3n) is 5.01. The Bertz CT molecular complexity index is 853. The highest BCUT2D eigenvalue weighted by Gasteiger charge is 2.27. The van der Waals surface area contributed by atoms with Crippen LogP contribution in [0.5, 0.6) is 0 Å². The Hall–Kier alpha value is -2.77. The van der Waals surface area contributed by atoms with E-state index >= 15 is 0 Å². The zero-order valence-electron chi connectivity index (χ0n) is 15.7. The fourth-order valence-electron chi connectivity index (χ4n) is 3.42. The lowest BCUT2D eigenvalue weighted by Crippen LogP contribution is -2.40. The van der Waals surface area contributed by atoms with Gasteiger partial charge in [-0.15, -0.1) is 0 Å². The van der Waals surface area contributed by atoms with Crippen molar-refractivity contribution in [3.8, 4) is 0 Å². The van der Waals surface area contributed by atoms with Gasteiger partial charge in [0.1, 0.15) is 5.76 Å². The predicted octanol–water partition coefficient (Wildman–Crippen LogP) is 3.21. The number of oxazole rings is 1. The van der Waals surface area contributed by atoms with Gasteiger partial charge in [0.2, 0.25) is 5.91 Å². The van der Waals surface area contributed by atoms with E-state index in [0.717, 1.165) is 25.0 Å². The molecule has 1 aliphatic heterocycles. The van der Waals surface area contributed by atoms with Gasteiger partial charge in [-0.1, -0.05) is 6.07 Å². The van der Waals surface area contributed by atoms with Crippen molar-refractivity contribution in [2.45, 2.75) is 39.2 Å². The molecule has 28 heavy (non-hydrogen) atoms. The predicted molar refractivity (Wildman–Crippen MR) is 97.3 cm³/mol. The number of nitrogens with one attached hydrogen (secondary N) is 1. The van der Waals surface area contributed by atoms with Gasteiger partial charge in [0.25, 0.3) is 5.91 Å². The Balaban J connectivity index is 1.44. The molecule has 2 aromatic rings. The van der Waals surface area contributed by atoms with Crippen molar-refractivity contribution >= 4 is 11.8 Å². The topological polar surface area (TPSA) is 75.4 Å². The number of aryl methyl sites for hydroxylation is 1. The maximum atomic E-state index is 13.2. The molecule has 0 bridgehead atoms. The van der Waals surface area contributed by atoms with Gasteiger partial charge in [0.15, 0.2) is 23.7 Å². The van der Waals surface area contributed by atoms with Crippen molar-refractivity contribution in [3.63, 3.8) is 0 Å². The van der Waals surface area contributed by atoms with Crippen LogP contribution in [0.15, 0.2) is 29.0 Å². The molecule has 1 atom stereocenters. The normalized spacial score (nSPS) is 16.8. The van der Waals surface area contributed by atoms with Crippen LogP contribution in [0.1, 0.15) is 47.5 Å². The van der Waals surface area contributed by atoms with E-state index in [4.69, 9.17) is 4.42 Å². The lowest BCUT2D eigenvalue weighted by Gasteiger charge is -2.32. The number of hydrogen-bond donors (Lipinski definition) is 1. The van der Waals surface area contributed by atoms with Crippen LogP contribution < -0.4 is 5.32 Å². The number of amides is 2. The fourth-order valence-corrected chi connectivity index (χ4v) is 3.42. The molecule has 150 valence electrons. The summed E-state index contributed by atoms with van der Waals surface area (Å²) in [4.78, 5) is 30.4. The third kappa shape index (κ3) is 4.94. The molecule has 8 heteroatoms. The first-order valence-corrected chi connectivity index (χ1v) is 9.34. The lowest BCUT2D eigenvalue weighted by molar-refractivity contribution is -0.121. The highest BCUT2D eigenvalue weighted by molar-refractivity contribution is 5.93. The first-order chi connectivity index (χ1) is 13.4. The van der Waals surface area contributed by atoms with Crippen LogP contribution in [-0.2, 0) is 11.3 Å². The Morgan fingerprint density at radius 3 is 2.86 bits per heavy atom. The van der Waals surface area contributed by atoms with Gasteiger partial charge in [-0.05, 0) is 49.8 Å². The molecule has 1 N–H and O–H groups in total. The average molecular weight is 391 g/mol. The fraction of sp³-hybridized carbons (Fsp3) is 0.450. The van der Waals surface area contributed by atoms with Crippen LogP contribution in [0.2, 0.25) is 0 Å². The molecule has 0 saturated carbocycles. The minimum Gasteiger partial charge on any atom is -0.448 e. The summed E-state index contributed by atoms with van der Waals surface area (Å²) in [5, 5.41) is 2.72. The number of aromatic nitrogens is 1. The summed E-state index contributed by atoms with van der Waals surface area (Å²) < 4.78 is 31.2.